The predicted molar refractivity (Wildman–Crippen MR) is 65.8 cm³/mol. The van der Waals surface area contributed by atoms with Gasteiger partial charge in [0.2, 0.25) is 0 Å². The number of carbonyl (C=O) groups is 2. The molecule has 2 rings (SSSR count). The Morgan fingerprint density at radius 1 is 0.842 bits per heavy atom. The van der Waals surface area contributed by atoms with Crippen molar-refractivity contribution in [2.45, 2.75) is 63.9 Å². The van der Waals surface area contributed by atoms with Crippen LogP contribution in [-0.4, -0.2) is 56.8 Å². The summed E-state index contributed by atoms with van der Waals surface area (Å²) in [6.45, 7) is 2.17. The van der Waals surface area contributed by atoms with Crippen molar-refractivity contribution in [3.05, 3.63) is 0 Å². The maximum Gasteiger partial charge on any atom is 0.300 e. The predicted octanol–water partition coefficient (Wildman–Crippen LogP) is 0.231. The van der Waals surface area contributed by atoms with E-state index >= 15 is 0 Å². The van der Waals surface area contributed by atoms with Crippen LogP contribution in [-0.2, 0) is 14.3 Å². The Balaban J connectivity index is 0.000000342. The van der Waals surface area contributed by atoms with E-state index in [9.17, 15) is 10.2 Å². The van der Waals surface area contributed by atoms with Gasteiger partial charge in [-0.2, -0.15) is 0 Å². The number of ether oxygens (including phenoxy) is 1. The number of rotatable bonds is 0. The van der Waals surface area contributed by atoms with E-state index in [1.807, 2.05) is 0 Å². The number of carboxylic acid groups (broad SMARTS) is 2. The van der Waals surface area contributed by atoms with Crippen LogP contribution in [0.5, 0.6) is 0 Å². The van der Waals surface area contributed by atoms with Crippen molar-refractivity contribution < 1.29 is 34.8 Å². The molecule has 2 aliphatic rings. The fourth-order valence-electron chi connectivity index (χ4n) is 1.97. The average molecular weight is 278 g/mol. The summed E-state index contributed by atoms with van der Waals surface area (Å²) in [4.78, 5) is 18.0. The fraction of sp³-hybridized carbons (Fsp3) is 0.833. The molecule has 2 bridgehead atoms. The lowest BCUT2D eigenvalue weighted by Gasteiger charge is -2.40. The molecular formula is C12H22O7. The second-order valence-electron chi connectivity index (χ2n) is 4.54. The monoisotopic (exact) mass is 278 g/mol. The first-order valence-corrected chi connectivity index (χ1v) is 6.14. The quantitative estimate of drug-likeness (QED) is 0.500. The Bertz CT molecular complexity index is 256. The van der Waals surface area contributed by atoms with Gasteiger partial charge in [0.05, 0.1) is 24.4 Å². The average Bonchev–Trinajstić information content (AvgIpc) is 2.26. The second-order valence-corrected chi connectivity index (χ2v) is 4.54. The van der Waals surface area contributed by atoms with E-state index < -0.39 is 11.9 Å². The Hall–Kier alpha value is -1.18. The van der Waals surface area contributed by atoms with Gasteiger partial charge in [0, 0.05) is 13.8 Å². The molecule has 4 unspecified atom stereocenters. The molecule has 0 amide bonds. The molecule has 2 saturated heterocycles. The standard InChI is InChI=1S/C8H14O3.2C2H4O2/c9-5-1-3-7-6(10)2-4-8(5)11-7;2*1-2(3)4/h5-10H,1-4H2;2*1H3,(H,3,4). The van der Waals surface area contributed by atoms with Gasteiger partial charge in [-0.1, -0.05) is 0 Å². The first-order valence-electron chi connectivity index (χ1n) is 6.14. The van der Waals surface area contributed by atoms with Crippen LogP contribution in [0.3, 0.4) is 0 Å². The summed E-state index contributed by atoms with van der Waals surface area (Å²) in [6, 6.07) is 0. The summed E-state index contributed by atoms with van der Waals surface area (Å²) in [7, 11) is 0. The molecule has 0 aromatic rings. The molecule has 112 valence electrons. The van der Waals surface area contributed by atoms with E-state index in [0.717, 1.165) is 39.5 Å². The molecule has 2 aliphatic heterocycles. The molecule has 4 N–H and O–H groups in total. The third-order valence-corrected chi connectivity index (χ3v) is 2.70. The van der Waals surface area contributed by atoms with Crippen molar-refractivity contribution in [3.8, 4) is 0 Å². The van der Waals surface area contributed by atoms with Crippen LogP contribution in [0, 0.1) is 0 Å². The van der Waals surface area contributed by atoms with Gasteiger partial charge < -0.3 is 25.2 Å². The lowest BCUT2D eigenvalue weighted by Crippen LogP contribution is -2.48. The molecule has 0 aromatic carbocycles. The molecule has 4 atom stereocenters. The second kappa shape index (κ2) is 8.84. The first kappa shape index (κ1) is 17.8. The van der Waals surface area contributed by atoms with Crippen LogP contribution in [0.25, 0.3) is 0 Å². The van der Waals surface area contributed by atoms with Crippen LogP contribution in [0.1, 0.15) is 39.5 Å². The highest BCUT2D eigenvalue weighted by Crippen LogP contribution is 2.30. The van der Waals surface area contributed by atoms with Gasteiger partial charge in [-0.05, 0) is 25.7 Å². The number of aliphatic hydroxyl groups is 2. The topological polar surface area (TPSA) is 124 Å². The maximum absolute atomic E-state index is 9.40. The zero-order valence-corrected chi connectivity index (χ0v) is 11.2. The van der Waals surface area contributed by atoms with Gasteiger partial charge in [-0.25, -0.2) is 0 Å². The Morgan fingerprint density at radius 2 is 1.11 bits per heavy atom. The molecule has 0 spiro atoms. The van der Waals surface area contributed by atoms with Crippen molar-refractivity contribution in [2.75, 3.05) is 0 Å². The lowest BCUT2D eigenvalue weighted by atomic mass is 9.88. The summed E-state index contributed by atoms with van der Waals surface area (Å²) in [6.07, 6.45) is 2.59. The van der Waals surface area contributed by atoms with Crippen molar-refractivity contribution in [2.24, 2.45) is 0 Å². The van der Waals surface area contributed by atoms with Crippen LogP contribution >= 0.6 is 0 Å². The highest BCUT2D eigenvalue weighted by atomic mass is 16.5. The van der Waals surface area contributed by atoms with Crippen LogP contribution in [0.15, 0.2) is 0 Å². The van der Waals surface area contributed by atoms with Gasteiger partial charge in [-0.3, -0.25) is 9.59 Å². The Labute approximate surface area is 111 Å². The summed E-state index contributed by atoms with van der Waals surface area (Å²) >= 11 is 0. The minimum atomic E-state index is -0.833. The maximum atomic E-state index is 9.40. The summed E-state index contributed by atoms with van der Waals surface area (Å²) in [5.41, 5.74) is 0. The van der Waals surface area contributed by atoms with E-state index in [2.05, 4.69) is 0 Å². The Kier molecular flexibility index (Phi) is 8.29. The molecule has 0 aliphatic carbocycles. The lowest BCUT2D eigenvalue weighted by molar-refractivity contribution is -0.182. The molecule has 0 aromatic heterocycles. The zero-order chi connectivity index (χ0) is 15.0. The molecular weight excluding hydrogens is 256 g/mol. The van der Waals surface area contributed by atoms with Gasteiger partial charge >= 0.3 is 0 Å². The minimum Gasteiger partial charge on any atom is -0.481 e. The van der Waals surface area contributed by atoms with Crippen LogP contribution in [0.4, 0.5) is 0 Å². The number of fused-ring (bicyclic) bond motifs is 2. The van der Waals surface area contributed by atoms with E-state index in [4.69, 9.17) is 24.5 Å². The fourth-order valence-corrected chi connectivity index (χ4v) is 1.97. The number of carboxylic acids is 2. The largest absolute Gasteiger partial charge is 0.481 e. The van der Waals surface area contributed by atoms with Gasteiger partial charge in [0.15, 0.2) is 0 Å². The van der Waals surface area contributed by atoms with E-state index in [1.165, 1.54) is 0 Å². The van der Waals surface area contributed by atoms with Crippen LogP contribution in [0.2, 0.25) is 0 Å². The molecule has 19 heavy (non-hydrogen) atoms. The van der Waals surface area contributed by atoms with Crippen molar-refractivity contribution in [1.29, 1.82) is 0 Å². The van der Waals surface area contributed by atoms with Crippen molar-refractivity contribution in [3.63, 3.8) is 0 Å². The Morgan fingerprint density at radius 3 is 1.37 bits per heavy atom. The smallest absolute Gasteiger partial charge is 0.300 e. The zero-order valence-electron chi connectivity index (χ0n) is 11.2. The molecule has 7 heteroatoms. The van der Waals surface area contributed by atoms with Gasteiger partial charge in [-0.15, -0.1) is 0 Å². The van der Waals surface area contributed by atoms with Crippen LogP contribution < -0.4 is 0 Å². The molecule has 0 saturated carbocycles. The van der Waals surface area contributed by atoms with Gasteiger partial charge in [0.1, 0.15) is 0 Å². The highest BCUT2D eigenvalue weighted by molar-refractivity contribution is 5.63. The van der Waals surface area contributed by atoms with E-state index in [0.29, 0.717) is 0 Å². The summed E-state index contributed by atoms with van der Waals surface area (Å²) in [5.74, 6) is -1.67. The number of aliphatic hydroxyl groups excluding tert-OH is 2. The highest BCUT2D eigenvalue weighted by Gasteiger charge is 2.37. The number of hydrogen-bond donors (Lipinski definition) is 4. The third-order valence-electron chi connectivity index (χ3n) is 2.70. The number of aliphatic carboxylic acids is 2. The normalized spacial score (nSPS) is 32.0. The van der Waals surface area contributed by atoms with Gasteiger partial charge in [0.25, 0.3) is 11.9 Å². The summed E-state index contributed by atoms with van der Waals surface area (Å²) < 4.78 is 5.45. The molecule has 0 radical (unpaired) electrons. The van der Waals surface area contributed by atoms with E-state index in [1.54, 1.807) is 0 Å². The molecule has 2 heterocycles. The SMILES string of the molecule is CC(=O)O.CC(=O)O.OC1CCC2OC1CCC2O. The summed E-state index contributed by atoms with van der Waals surface area (Å²) in [5, 5.41) is 33.6. The van der Waals surface area contributed by atoms with Crippen molar-refractivity contribution >= 4 is 11.9 Å². The minimum absolute atomic E-state index is 0.00264. The third kappa shape index (κ3) is 8.52. The number of hydrogen-bond acceptors (Lipinski definition) is 5. The molecule has 7 nitrogen and oxygen atoms in total. The molecule has 2 fully saturated rings. The van der Waals surface area contributed by atoms with Crippen molar-refractivity contribution in [1.82, 2.24) is 0 Å². The first-order chi connectivity index (χ1) is 8.73. The van der Waals surface area contributed by atoms with E-state index in [-0.39, 0.29) is 24.4 Å².